The molecule has 0 aliphatic heterocycles. The Kier molecular flexibility index (Phi) is 6.91. The molecule has 0 atom stereocenters. The summed E-state index contributed by atoms with van der Waals surface area (Å²) in [6.45, 7) is 7.08. The Morgan fingerprint density at radius 1 is 1.11 bits per heavy atom. The van der Waals surface area contributed by atoms with E-state index >= 15 is 0 Å². The molecule has 1 N–H and O–H groups in total. The number of hydrogen-bond acceptors (Lipinski definition) is 4. The van der Waals surface area contributed by atoms with E-state index in [2.05, 4.69) is 45.3 Å². The van der Waals surface area contributed by atoms with Crippen LogP contribution in [-0.2, 0) is 11.3 Å². The zero-order valence-electron chi connectivity index (χ0n) is 16.1. The van der Waals surface area contributed by atoms with Crippen LogP contribution in [0, 0.1) is 0 Å². The van der Waals surface area contributed by atoms with Crippen molar-refractivity contribution in [1.82, 2.24) is 14.8 Å². The van der Waals surface area contributed by atoms with Crippen molar-refractivity contribution in [3.05, 3.63) is 58.6 Å². The van der Waals surface area contributed by atoms with Gasteiger partial charge in [0.1, 0.15) is 0 Å². The maximum Gasteiger partial charge on any atom is 0.234 e. The molecule has 0 saturated heterocycles. The maximum absolute atomic E-state index is 12.3. The molecule has 0 saturated carbocycles. The number of thioether (sulfide) groups is 1. The van der Waals surface area contributed by atoms with Crippen LogP contribution in [0.15, 0.2) is 58.2 Å². The Bertz CT molecular complexity index is 936. The Morgan fingerprint density at radius 2 is 1.79 bits per heavy atom. The van der Waals surface area contributed by atoms with Crippen LogP contribution in [0.5, 0.6) is 0 Å². The quantitative estimate of drug-likeness (QED) is 0.469. The zero-order chi connectivity index (χ0) is 20.1. The smallest absolute Gasteiger partial charge is 0.234 e. The molecule has 1 heterocycles. The number of anilines is 1. The standard InChI is InChI=1S/C21H23BrN4OS/c1-4-26-20(16-5-9-17(22)10-6-16)24-25-21(26)28-13-19(27)23-18-11-7-15(8-12-18)14(2)3/h5-12,14H,4,13H2,1-3H3,(H,23,27). The molecule has 2 aromatic carbocycles. The number of amides is 1. The topological polar surface area (TPSA) is 59.8 Å². The number of hydrogen-bond donors (Lipinski definition) is 1. The van der Waals surface area contributed by atoms with Crippen LogP contribution in [-0.4, -0.2) is 26.4 Å². The fourth-order valence-corrected chi connectivity index (χ4v) is 3.84. The second kappa shape index (κ2) is 9.39. The van der Waals surface area contributed by atoms with Gasteiger partial charge in [0.25, 0.3) is 0 Å². The van der Waals surface area contributed by atoms with Crippen LogP contribution in [0.25, 0.3) is 11.4 Å². The first-order valence-electron chi connectivity index (χ1n) is 9.19. The lowest BCUT2D eigenvalue weighted by Gasteiger charge is -2.09. The first kappa shape index (κ1) is 20.6. The molecule has 0 aliphatic carbocycles. The Labute approximate surface area is 178 Å². The van der Waals surface area contributed by atoms with Crippen molar-refractivity contribution in [2.75, 3.05) is 11.1 Å². The fourth-order valence-electron chi connectivity index (χ4n) is 2.77. The Balaban J connectivity index is 1.64. The molecular formula is C21H23BrN4OS. The number of carbonyl (C=O) groups excluding carboxylic acids is 1. The van der Waals surface area contributed by atoms with Gasteiger partial charge in [-0.2, -0.15) is 0 Å². The predicted octanol–water partition coefficient (Wildman–Crippen LogP) is 5.58. The second-order valence-electron chi connectivity index (χ2n) is 6.67. The van der Waals surface area contributed by atoms with E-state index in [-0.39, 0.29) is 11.7 Å². The number of rotatable bonds is 7. The van der Waals surface area contributed by atoms with Crippen LogP contribution in [0.2, 0.25) is 0 Å². The monoisotopic (exact) mass is 458 g/mol. The minimum atomic E-state index is -0.0573. The fraction of sp³-hybridized carbons (Fsp3) is 0.286. The van der Waals surface area contributed by atoms with E-state index in [9.17, 15) is 4.79 Å². The van der Waals surface area contributed by atoms with E-state index in [1.807, 2.05) is 60.0 Å². The van der Waals surface area contributed by atoms with Crippen molar-refractivity contribution in [3.63, 3.8) is 0 Å². The molecule has 1 amide bonds. The number of aromatic nitrogens is 3. The summed E-state index contributed by atoms with van der Waals surface area (Å²) in [5.41, 5.74) is 3.06. The zero-order valence-corrected chi connectivity index (χ0v) is 18.5. The highest BCUT2D eigenvalue weighted by Crippen LogP contribution is 2.25. The van der Waals surface area contributed by atoms with E-state index in [1.54, 1.807) is 0 Å². The van der Waals surface area contributed by atoms with Crippen LogP contribution >= 0.6 is 27.7 Å². The number of nitrogens with zero attached hydrogens (tertiary/aromatic N) is 3. The molecule has 5 nitrogen and oxygen atoms in total. The molecule has 0 aliphatic rings. The summed E-state index contributed by atoms with van der Waals surface area (Å²) in [6.07, 6.45) is 0. The minimum Gasteiger partial charge on any atom is -0.325 e. The molecule has 3 aromatic rings. The number of nitrogens with one attached hydrogen (secondary N) is 1. The lowest BCUT2D eigenvalue weighted by atomic mass is 10.0. The van der Waals surface area contributed by atoms with Gasteiger partial charge in [0.15, 0.2) is 11.0 Å². The minimum absolute atomic E-state index is 0.0573. The van der Waals surface area contributed by atoms with Crippen molar-refractivity contribution in [2.24, 2.45) is 0 Å². The summed E-state index contributed by atoms with van der Waals surface area (Å²) in [6, 6.07) is 15.9. The van der Waals surface area contributed by atoms with Gasteiger partial charge in [0, 0.05) is 22.3 Å². The summed E-state index contributed by atoms with van der Waals surface area (Å²) in [5.74, 6) is 1.51. The van der Waals surface area contributed by atoms with Crippen molar-refractivity contribution >= 4 is 39.3 Å². The van der Waals surface area contributed by atoms with E-state index in [1.165, 1.54) is 17.3 Å². The number of benzene rings is 2. The first-order valence-corrected chi connectivity index (χ1v) is 11.0. The Hall–Kier alpha value is -2.12. The first-order chi connectivity index (χ1) is 13.5. The summed E-state index contributed by atoms with van der Waals surface area (Å²) in [4.78, 5) is 12.3. The van der Waals surface area contributed by atoms with E-state index < -0.39 is 0 Å². The highest BCUT2D eigenvalue weighted by Gasteiger charge is 2.14. The van der Waals surface area contributed by atoms with Crippen molar-refractivity contribution in [3.8, 4) is 11.4 Å². The molecular weight excluding hydrogens is 436 g/mol. The van der Waals surface area contributed by atoms with E-state index in [0.717, 1.165) is 33.2 Å². The SMILES string of the molecule is CCn1c(SCC(=O)Nc2ccc(C(C)C)cc2)nnc1-c1ccc(Br)cc1. The third kappa shape index (κ3) is 5.02. The van der Waals surface area contributed by atoms with Crippen LogP contribution < -0.4 is 5.32 Å². The van der Waals surface area contributed by atoms with Gasteiger partial charge in [-0.1, -0.05) is 65.8 Å². The normalized spacial score (nSPS) is 11.0. The average molecular weight is 459 g/mol. The third-order valence-electron chi connectivity index (χ3n) is 4.33. The second-order valence-corrected chi connectivity index (χ2v) is 8.53. The van der Waals surface area contributed by atoms with Crippen LogP contribution in [0.1, 0.15) is 32.3 Å². The van der Waals surface area contributed by atoms with Gasteiger partial charge < -0.3 is 9.88 Å². The largest absolute Gasteiger partial charge is 0.325 e. The van der Waals surface area contributed by atoms with Gasteiger partial charge in [-0.15, -0.1) is 10.2 Å². The third-order valence-corrected chi connectivity index (χ3v) is 5.82. The average Bonchev–Trinajstić information content (AvgIpc) is 3.10. The summed E-state index contributed by atoms with van der Waals surface area (Å²) >= 11 is 4.84. The van der Waals surface area contributed by atoms with Crippen LogP contribution in [0.4, 0.5) is 5.69 Å². The molecule has 0 radical (unpaired) electrons. The van der Waals surface area contributed by atoms with Gasteiger partial charge in [-0.3, -0.25) is 4.79 Å². The van der Waals surface area contributed by atoms with Gasteiger partial charge in [-0.25, -0.2) is 0 Å². The molecule has 0 fully saturated rings. The van der Waals surface area contributed by atoms with Crippen LogP contribution in [0.3, 0.4) is 0 Å². The Morgan fingerprint density at radius 3 is 2.39 bits per heavy atom. The molecule has 146 valence electrons. The van der Waals surface area contributed by atoms with E-state index in [4.69, 9.17) is 0 Å². The van der Waals surface area contributed by atoms with Gasteiger partial charge in [0.2, 0.25) is 5.91 Å². The summed E-state index contributed by atoms with van der Waals surface area (Å²) in [7, 11) is 0. The lowest BCUT2D eigenvalue weighted by molar-refractivity contribution is -0.113. The molecule has 7 heteroatoms. The van der Waals surface area contributed by atoms with Gasteiger partial charge in [-0.05, 0) is 42.7 Å². The highest BCUT2D eigenvalue weighted by atomic mass is 79.9. The molecule has 28 heavy (non-hydrogen) atoms. The molecule has 0 bridgehead atoms. The van der Waals surface area contributed by atoms with Gasteiger partial charge >= 0.3 is 0 Å². The van der Waals surface area contributed by atoms with Crippen molar-refractivity contribution in [1.29, 1.82) is 0 Å². The number of carbonyl (C=O) groups is 1. The van der Waals surface area contributed by atoms with Gasteiger partial charge in [0.05, 0.1) is 5.75 Å². The molecule has 0 spiro atoms. The predicted molar refractivity (Wildman–Crippen MR) is 119 cm³/mol. The molecule has 3 rings (SSSR count). The van der Waals surface area contributed by atoms with Crippen molar-refractivity contribution < 1.29 is 4.79 Å². The number of halogens is 1. The summed E-state index contributed by atoms with van der Waals surface area (Å²) in [5, 5.41) is 12.3. The highest BCUT2D eigenvalue weighted by molar-refractivity contribution is 9.10. The van der Waals surface area contributed by atoms with E-state index in [0.29, 0.717) is 5.92 Å². The lowest BCUT2D eigenvalue weighted by Crippen LogP contribution is -2.14. The molecule has 1 aromatic heterocycles. The molecule has 0 unspecified atom stereocenters. The summed E-state index contributed by atoms with van der Waals surface area (Å²) < 4.78 is 3.05. The maximum atomic E-state index is 12.3. The van der Waals surface area contributed by atoms with Crippen molar-refractivity contribution in [2.45, 2.75) is 38.4 Å².